The maximum atomic E-state index is 13.1. The summed E-state index contributed by atoms with van der Waals surface area (Å²) in [5.41, 5.74) is -0.297. The maximum Gasteiger partial charge on any atom is 0.325 e. The fourth-order valence-corrected chi connectivity index (χ4v) is 3.68. The van der Waals surface area contributed by atoms with E-state index < -0.39 is 5.54 Å². The normalized spacial score (nSPS) is 18.5. The summed E-state index contributed by atoms with van der Waals surface area (Å²) >= 11 is 0. The number of benzene rings is 3. The van der Waals surface area contributed by atoms with Crippen molar-refractivity contribution in [1.82, 2.24) is 10.2 Å². The molecule has 3 amide bonds. The van der Waals surface area contributed by atoms with Crippen LogP contribution in [0, 0.1) is 0 Å². The number of rotatable bonds is 7. The van der Waals surface area contributed by atoms with Crippen LogP contribution in [0.5, 0.6) is 11.5 Å². The van der Waals surface area contributed by atoms with Crippen LogP contribution in [-0.2, 0) is 10.3 Å². The second kappa shape index (κ2) is 8.06. The Hall–Kier alpha value is -3.54. The molecule has 1 atom stereocenters. The number of fused-ring (bicyclic) bond motifs is 1. The van der Waals surface area contributed by atoms with Crippen LogP contribution in [0.25, 0.3) is 10.8 Å². The van der Waals surface area contributed by atoms with Gasteiger partial charge in [-0.1, -0.05) is 36.4 Å². The molecule has 0 saturated carbocycles. The lowest BCUT2D eigenvalue weighted by atomic mass is 9.90. The second-order valence-corrected chi connectivity index (χ2v) is 7.45. The molecule has 30 heavy (non-hydrogen) atoms. The number of nitrogens with zero attached hydrogens (tertiary/aromatic N) is 1. The van der Waals surface area contributed by atoms with Gasteiger partial charge in [0.25, 0.3) is 5.91 Å². The predicted molar refractivity (Wildman–Crippen MR) is 115 cm³/mol. The molecular weight excluding hydrogens is 380 g/mol. The van der Waals surface area contributed by atoms with Crippen molar-refractivity contribution >= 4 is 22.7 Å². The fraction of sp³-hybridized carbons (Fsp3) is 0.250. The molecule has 0 aromatic heterocycles. The Morgan fingerprint density at radius 1 is 0.933 bits per heavy atom. The van der Waals surface area contributed by atoms with Gasteiger partial charge in [0.2, 0.25) is 0 Å². The minimum absolute atomic E-state index is 0.243. The van der Waals surface area contributed by atoms with E-state index in [1.807, 2.05) is 66.7 Å². The van der Waals surface area contributed by atoms with E-state index in [1.54, 1.807) is 14.0 Å². The summed E-state index contributed by atoms with van der Waals surface area (Å²) < 4.78 is 10.8. The van der Waals surface area contributed by atoms with Crippen molar-refractivity contribution < 1.29 is 19.1 Å². The number of ether oxygens (including phenoxy) is 2. The average Bonchev–Trinajstić information content (AvgIpc) is 3.00. The molecule has 1 heterocycles. The molecule has 1 unspecified atom stereocenters. The molecule has 6 nitrogen and oxygen atoms in total. The van der Waals surface area contributed by atoms with Gasteiger partial charge in [0.1, 0.15) is 17.0 Å². The van der Waals surface area contributed by atoms with Crippen molar-refractivity contribution in [2.75, 3.05) is 20.3 Å². The van der Waals surface area contributed by atoms with Gasteiger partial charge in [-0.2, -0.15) is 0 Å². The molecule has 3 aromatic rings. The first-order valence-electron chi connectivity index (χ1n) is 9.91. The third-order valence-electron chi connectivity index (χ3n) is 5.46. The van der Waals surface area contributed by atoms with Gasteiger partial charge in [-0.15, -0.1) is 0 Å². The van der Waals surface area contributed by atoms with Crippen LogP contribution >= 0.6 is 0 Å². The minimum atomic E-state index is -1.07. The number of nitrogens with one attached hydrogen (secondary N) is 1. The Labute approximate surface area is 175 Å². The molecule has 0 aliphatic carbocycles. The largest absolute Gasteiger partial charge is 0.497 e. The SMILES string of the molecule is COc1ccc(OCCCN2C(=O)NC(C)(c3ccc4ccccc4c3)C2=O)cc1. The van der Waals surface area contributed by atoms with Gasteiger partial charge < -0.3 is 14.8 Å². The highest BCUT2D eigenvalue weighted by molar-refractivity contribution is 6.07. The Bertz CT molecular complexity index is 1080. The molecule has 4 rings (SSSR count). The van der Waals surface area contributed by atoms with Crippen molar-refractivity contribution in [2.24, 2.45) is 0 Å². The van der Waals surface area contributed by atoms with Gasteiger partial charge in [0.15, 0.2) is 0 Å². The van der Waals surface area contributed by atoms with Crippen molar-refractivity contribution in [3.63, 3.8) is 0 Å². The van der Waals surface area contributed by atoms with Crippen molar-refractivity contribution in [2.45, 2.75) is 18.9 Å². The summed E-state index contributed by atoms with van der Waals surface area (Å²) in [6.07, 6.45) is 0.541. The molecule has 0 spiro atoms. The Morgan fingerprint density at radius 3 is 2.37 bits per heavy atom. The molecule has 3 aromatic carbocycles. The third kappa shape index (κ3) is 3.68. The standard InChI is InChI=1S/C24H24N2O4/c1-24(19-9-8-17-6-3-4-7-18(17)16-19)22(27)26(23(28)25-24)14-5-15-30-21-12-10-20(29-2)11-13-21/h3-4,6-13,16H,5,14-15H2,1-2H3,(H,25,28). The monoisotopic (exact) mass is 404 g/mol. The molecule has 154 valence electrons. The number of hydrogen-bond donors (Lipinski definition) is 1. The molecule has 0 bridgehead atoms. The average molecular weight is 404 g/mol. The zero-order valence-corrected chi connectivity index (χ0v) is 17.1. The van der Waals surface area contributed by atoms with Gasteiger partial charge in [0.05, 0.1) is 13.7 Å². The highest BCUT2D eigenvalue weighted by Gasteiger charge is 2.48. The number of amides is 3. The van der Waals surface area contributed by atoms with E-state index in [0.29, 0.717) is 25.3 Å². The first-order chi connectivity index (χ1) is 14.5. The number of urea groups is 1. The van der Waals surface area contributed by atoms with E-state index in [0.717, 1.165) is 22.1 Å². The zero-order valence-electron chi connectivity index (χ0n) is 17.1. The number of hydrogen-bond acceptors (Lipinski definition) is 4. The molecule has 1 saturated heterocycles. The zero-order chi connectivity index (χ0) is 21.1. The number of carbonyl (C=O) groups is 2. The number of carbonyl (C=O) groups excluding carboxylic acids is 2. The van der Waals surface area contributed by atoms with Crippen LogP contribution in [-0.4, -0.2) is 37.1 Å². The maximum absolute atomic E-state index is 13.1. The molecule has 1 aliphatic rings. The quantitative estimate of drug-likeness (QED) is 0.476. The van der Waals surface area contributed by atoms with Crippen LogP contribution in [0.15, 0.2) is 66.7 Å². The second-order valence-electron chi connectivity index (χ2n) is 7.45. The Morgan fingerprint density at radius 2 is 1.63 bits per heavy atom. The lowest BCUT2D eigenvalue weighted by Gasteiger charge is -2.22. The summed E-state index contributed by atoms with van der Waals surface area (Å²) in [5, 5.41) is 4.99. The third-order valence-corrected chi connectivity index (χ3v) is 5.46. The fourth-order valence-electron chi connectivity index (χ4n) is 3.68. The summed E-state index contributed by atoms with van der Waals surface area (Å²) in [6.45, 7) is 2.45. The van der Waals surface area contributed by atoms with Crippen LogP contribution in [0.4, 0.5) is 4.79 Å². The van der Waals surface area contributed by atoms with Crippen LogP contribution in [0.3, 0.4) is 0 Å². The summed E-state index contributed by atoms with van der Waals surface area (Å²) in [7, 11) is 1.61. The predicted octanol–water partition coefficient (Wildman–Crippen LogP) is 4.08. The minimum Gasteiger partial charge on any atom is -0.497 e. The Balaban J connectivity index is 1.40. The van der Waals surface area contributed by atoms with Gasteiger partial charge in [-0.3, -0.25) is 9.69 Å². The summed E-state index contributed by atoms with van der Waals surface area (Å²) in [6, 6.07) is 20.7. The lowest BCUT2D eigenvalue weighted by molar-refractivity contribution is -0.131. The smallest absolute Gasteiger partial charge is 0.325 e. The molecule has 6 heteroatoms. The molecule has 1 N–H and O–H groups in total. The van der Waals surface area contributed by atoms with Gasteiger partial charge in [0, 0.05) is 6.54 Å². The highest BCUT2D eigenvalue weighted by atomic mass is 16.5. The molecule has 1 fully saturated rings. The van der Waals surface area contributed by atoms with E-state index >= 15 is 0 Å². The summed E-state index contributed by atoms with van der Waals surface area (Å²) in [4.78, 5) is 26.9. The van der Waals surface area contributed by atoms with Crippen LogP contribution in [0.1, 0.15) is 18.9 Å². The first-order valence-corrected chi connectivity index (χ1v) is 9.91. The molecular formula is C24H24N2O4. The van der Waals surface area contributed by atoms with Crippen LogP contribution < -0.4 is 14.8 Å². The Kier molecular flexibility index (Phi) is 5.31. The van der Waals surface area contributed by atoms with Crippen molar-refractivity contribution in [3.05, 3.63) is 72.3 Å². The number of imide groups is 1. The summed E-state index contributed by atoms with van der Waals surface area (Å²) in [5.74, 6) is 1.23. The van der Waals surface area contributed by atoms with Crippen LogP contribution in [0.2, 0.25) is 0 Å². The van der Waals surface area contributed by atoms with Gasteiger partial charge in [-0.05, 0) is 60.0 Å². The lowest BCUT2D eigenvalue weighted by Crippen LogP contribution is -2.41. The molecule has 0 radical (unpaired) electrons. The van der Waals surface area contributed by atoms with Gasteiger partial charge >= 0.3 is 6.03 Å². The number of methoxy groups -OCH3 is 1. The van der Waals surface area contributed by atoms with E-state index in [2.05, 4.69) is 5.32 Å². The van der Waals surface area contributed by atoms with Crippen molar-refractivity contribution in [1.29, 1.82) is 0 Å². The van der Waals surface area contributed by atoms with E-state index in [-0.39, 0.29) is 11.9 Å². The van der Waals surface area contributed by atoms with Gasteiger partial charge in [-0.25, -0.2) is 4.79 Å². The van der Waals surface area contributed by atoms with E-state index in [1.165, 1.54) is 4.90 Å². The first kappa shape index (κ1) is 19.8. The molecule has 1 aliphatic heterocycles. The van der Waals surface area contributed by atoms with E-state index in [4.69, 9.17) is 9.47 Å². The van der Waals surface area contributed by atoms with E-state index in [9.17, 15) is 9.59 Å². The highest BCUT2D eigenvalue weighted by Crippen LogP contribution is 2.31. The van der Waals surface area contributed by atoms with Crippen molar-refractivity contribution in [3.8, 4) is 11.5 Å². The topological polar surface area (TPSA) is 67.9 Å².